The number of fused-ring (bicyclic) bond motifs is 1. The molecule has 5 rings (SSSR count). The van der Waals surface area contributed by atoms with Gasteiger partial charge in [-0.05, 0) is 45.6 Å². The number of amides is 1. The smallest absolute Gasteiger partial charge is 0.404 e. The summed E-state index contributed by atoms with van der Waals surface area (Å²) in [5.74, 6) is 0.822. The van der Waals surface area contributed by atoms with Crippen LogP contribution in [0.15, 0.2) is 36.9 Å². The van der Waals surface area contributed by atoms with Gasteiger partial charge in [0.15, 0.2) is 11.5 Å². The number of primary amides is 1. The predicted molar refractivity (Wildman–Crippen MR) is 131 cm³/mol. The van der Waals surface area contributed by atoms with E-state index >= 15 is 0 Å². The molecule has 0 bridgehead atoms. The Labute approximate surface area is 207 Å². The molecule has 12 heteroatoms. The van der Waals surface area contributed by atoms with Crippen molar-refractivity contribution in [1.82, 2.24) is 34.7 Å². The molecule has 3 N–H and O–H groups in total. The number of hydrogen-bond acceptors (Lipinski definition) is 9. The second-order valence-corrected chi connectivity index (χ2v) is 9.16. The first-order valence-corrected chi connectivity index (χ1v) is 11.8. The minimum absolute atomic E-state index is 0.133. The van der Waals surface area contributed by atoms with Gasteiger partial charge in [0.25, 0.3) is 0 Å². The molecule has 0 unspecified atom stereocenters. The molecule has 0 saturated heterocycles. The first-order valence-electron chi connectivity index (χ1n) is 11.8. The minimum Gasteiger partial charge on any atom is -0.446 e. The lowest BCUT2D eigenvalue weighted by Crippen LogP contribution is -2.26. The van der Waals surface area contributed by atoms with Crippen LogP contribution in [-0.2, 0) is 4.74 Å². The van der Waals surface area contributed by atoms with Crippen LogP contribution in [0.25, 0.3) is 22.5 Å². The number of hydrogen-bond donors (Lipinski definition) is 2. The van der Waals surface area contributed by atoms with Crippen molar-refractivity contribution in [3.63, 3.8) is 0 Å². The molecule has 12 nitrogen and oxygen atoms in total. The lowest BCUT2D eigenvalue weighted by atomic mass is 9.85. The summed E-state index contributed by atoms with van der Waals surface area (Å²) in [6.45, 7) is 4.11. The van der Waals surface area contributed by atoms with Gasteiger partial charge in [-0.15, -0.1) is 5.10 Å². The van der Waals surface area contributed by atoms with Crippen molar-refractivity contribution in [1.29, 1.82) is 5.26 Å². The molecule has 4 aromatic heterocycles. The topological polar surface area (TPSA) is 162 Å². The van der Waals surface area contributed by atoms with Crippen molar-refractivity contribution < 1.29 is 9.53 Å². The van der Waals surface area contributed by atoms with Crippen molar-refractivity contribution in [3.8, 4) is 17.6 Å². The van der Waals surface area contributed by atoms with E-state index in [-0.39, 0.29) is 18.1 Å². The van der Waals surface area contributed by atoms with Gasteiger partial charge < -0.3 is 15.8 Å². The van der Waals surface area contributed by atoms with Crippen LogP contribution < -0.4 is 11.1 Å². The summed E-state index contributed by atoms with van der Waals surface area (Å²) >= 11 is 0. The van der Waals surface area contributed by atoms with Gasteiger partial charge in [0.1, 0.15) is 17.9 Å². The second kappa shape index (κ2) is 9.61. The molecule has 1 aliphatic carbocycles. The molecular formula is C24H26N10O2. The van der Waals surface area contributed by atoms with Crippen molar-refractivity contribution in [3.05, 3.63) is 48.2 Å². The van der Waals surface area contributed by atoms with E-state index in [9.17, 15) is 4.79 Å². The highest BCUT2D eigenvalue weighted by Gasteiger charge is 2.26. The van der Waals surface area contributed by atoms with Crippen LogP contribution in [0.4, 0.5) is 10.5 Å². The highest BCUT2D eigenvalue weighted by Crippen LogP contribution is 2.33. The van der Waals surface area contributed by atoms with Gasteiger partial charge in [-0.2, -0.15) is 15.0 Å². The van der Waals surface area contributed by atoms with E-state index in [1.807, 2.05) is 12.3 Å². The third-order valence-electron chi connectivity index (χ3n) is 6.20. The van der Waals surface area contributed by atoms with Gasteiger partial charge in [-0.1, -0.05) is 5.21 Å². The van der Waals surface area contributed by atoms with Crippen molar-refractivity contribution in [2.24, 2.45) is 5.73 Å². The van der Waals surface area contributed by atoms with Crippen LogP contribution >= 0.6 is 0 Å². The average Bonchev–Trinajstić information content (AvgIpc) is 3.51. The monoisotopic (exact) mass is 486 g/mol. The van der Waals surface area contributed by atoms with E-state index in [1.54, 1.807) is 27.8 Å². The number of ether oxygens (including phenoxy) is 1. The number of rotatable bonds is 6. The Morgan fingerprint density at radius 2 is 2.00 bits per heavy atom. The highest BCUT2D eigenvalue weighted by atomic mass is 16.6. The fraction of sp³-hybridized carbons (Fsp3) is 0.375. The first-order chi connectivity index (χ1) is 17.4. The largest absolute Gasteiger partial charge is 0.446 e. The van der Waals surface area contributed by atoms with Crippen LogP contribution in [0.5, 0.6) is 0 Å². The molecule has 1 aliphatic rings. The number of pyridine rings is 2. The minimum atomic E-state index is -0.726. The number of nitriles is 1. The van der Waals surface area contributed by atoms with Crippen LogP contribution in [0, 0.1) is 11.3 Å². The van der Waals surface area contributed by atoms with Crippen LogP contribution in [0.3, 0.4) is 0 Å². The van der Waals surface area contributed by atoms with Crippen LogP contribution in [-0.4, -0.2) is 53.0 Å². The molecule has 0 atom stereocenters. The number of carbonyl (C=O) groups is 1. The van der Waals surface area contributed by atoms with Gasteiger partial charge >= 0.3 is 6.09 Å². The summed E-state index contributed by atoms with van der Waals surface area (Å²) in [6, 6.07) is 5.90. The van der Waals surface area contributed by atoms with Gasteiger partial charge in [-0.3, -0.25) is 0 Å². The number of carbonyl (C=O) groups excluding carboxylic acids is 1. The number of nitrogens with one attached hydrogen (secondary N) is 1. The normalized spacial score (nSPS) is 17.7. The Bertz CT molecular complexity index is 1440. The van der Waals surface area contributed by atoms with Gasteiger partial charge in [-0.25, -0.2) is 19.4 Å². The number of nitrogens with two attached hydrogens (primary N) is 1. The fourth-order valence-electron chi connectivity index (χ4n) is 4.53. The maximum atomic E-state index is 11.0. The molecule has 4 aromatic rings. The standard InChI is InChI=1S/C24H26N10O2/c1-14(2)30-19-8-22(34-23-17(11-29-34)7-15(9-25)10-28-23)27-12-21(19)33-13-20(31-32-33)16-3-5-18(6-4-16)36-24(26)35/h7-8,10-14,16,18H,3-6H2,1-2H3,(H2,26,35)(H,27,30). The summed E-state index contributed by atoms with van der Waals surface area (Å²) in [6.07, 6.45) is 9.17. The van der Waals surface area contributed by atoms with E-state index in [0.29, 0.717) is 17.0 Å². The molecule has 4 heterocycles. The lowest BCUT2D eigenvalue weighted by molar-refractivity contribution is 0.0784. The Balaban J connectivity index is 1.42. The zero-order valence-electron chi connectivity index (χ0n) is 20.0. The predicted octanol–water partition coefficient (Wildman–Crippen LogP) is 3.21. The SMILES string of the molecule is CC(C)Nc1cc(-n2ncc3cc(C#N)cnc32)ncc1-n1cc(C2CCC(OC(N)=O)CC2)nn1. The summed E-state index contributed by atoms with van der Waals surface area (Å²) < 4.78 is 8.51. The van der Waals surface area contributed by atoms with E-state index in [2.05, 4.69) is 50.6 Å². The maximum absolute atomic E-state index is 11.0. The Morgan fingerprint density at radius 3 is 2.72 bits per heavy atom. The molecule has 1 amide bonds. The Hall–Kier alpha value is -4.53. The van der Waals surface area contributed by atoms with Crippen LogP contribution in [0.2, 0.25) is 0 Å². The molecular weight excluding hydrogens is 460 g/mol. The molecule has 36 heavy (non-hydrogen) atoms. The first kappa shape index (κ1) is 23.2. The van der Waals surface area contributed by atoms with Crippen molar-refractivity contribution >= 4 is 22.8 Å². The quantitative estimate of drug-likeness (QED) is 0.416. The van der Waals surface area contributed by atoms with Crippen molar-refractivity contribution in [2.75, 3.05) is 5.32 Å². The van der Waals surface area contributed by atoms with E-state index in [0.717, 1.165) is 48.1 Å². The fourth-order valence-corrected chi connectivity index (χ4v) is 4.53. The van der Waals surface area contributed by atoms with E-state index in [4.69, 9.17) is 15.7 Å². The third-order valence-corrected chi connectivity index (χ3v) is 6.20. The Kier molecular flexibility index (Phi) is 6.20. The molecule has 0 radical (unpaired) electrons. The molecule has 1 fully saturated rings. The van der Waals surface area contributed by atoms with E-state index in [1.165, 1.54) is 6.20 Å². The molecule has 184 valence electrons. The summed E-state index contributed by atoms with van der Waals surface area (Å²) in [5.41, 5.74) is 8.71. The van der Waals surface area contributed by atoms with Crippen LogP contribution in [0.1, 0.15) is 56.7 Å². The molecule has 0 spiro atoms. The third kappa shape index (κ3) is 4.68. The second-order valence-electron chi connectivity index (χ2n) is 9.16. The van der Waals surface area contributed by atoms with Gasteiger partial charge in [0, 0.05) is 29.6 Å². The van der Waals surface area contributed by atoms with Gasteiger partial charge in [0.2, 0.25) is 0 Å². The average molecular weight is 487 g/mol. The summed E-state index contributed by atoms with van der Waals surface area (Å²) in [5, 5.41) is 26.6. The number of aromatic nitrogens is 7. The number of anilines is 1. The van der Waals surface area contributed by atoms with E-state index < -0.39 is 6.09 Å². The van der Waals surface area contributed by atoms with Crippen molar-refractivity contribution in [2.45, 2.75) is 57.6 Å². The zero-order chi connectivity index (χ0) is 25.2. The van der Waals surface area contributed by atoms with Gasteiger partial charge in [0.05, 0.1) is 35.5 Å². The summed E-state index contributed by atoms with van der Waals surface area (Å²) in [4.78, 5) is 20.0. The molecule has 0 aromatic carbocycles. The number of nitrogens with zero attached hydrogens (tertiary/aromatic N) is 8. The highest BCUT2D eigenvalue weighted by molar-refractivity contribution is 5.77. The molecule has 1 saturated carbocycles. The zero-order valence-corrected chi connectivity index (χ0v) is 20.0. The Morgan fingerprint density at radius 1 is 1.19 bits per heavy atom. The maximum Gasteiger partial charge on any atom is 0.404 e. The molecule has 0 aliphatic heterocycles. The lowest BCUT2D eigenvalue weighted by Gasteiger charge is -2.26. The summed E-state index contributed by atoms with van der Waals surface area (Å²) in [7, 11) is 0.